The summed E-state index contributed by atoms with van der Waals surface area (Å²) < 4.78 is 4.34. The van der Waals surface area contributed by atoms with Gasteiger partial charge in [0.1, 0.15) is 0 Å². The number of carbonyl (C=O) groups is 2. The summed E-state index contributed by atoms with van der Waals surface area (Å²) in [5.41, 5.74) is -0.268. The first-order valence-corrected chi connectivity index (χ1v) is 4.32. The van der Waals surface area contributed by atoms with Crippen LogP contribution < -0.4 is 0 Å². The van der Waals surface area contributed by atoms with E-state index in [0.717, 1.165) is 6.08 Å². The average molecular weight is 218 g/mol. The third kappa shape index (κ3) is 6.64. The lowest BCUT2D eigenvalue weighted by molar-refractivity contribution is -0.164. The minimum Gasteiger partial charge on any atom is -0.478 e. The largest absolute Gasteiger partial charge is 0.478 e. The van der Waals surface area contributed by atoms with E-state index < -0.39 is 30.8 Å². The molecule has 86 valence electrons. The van der Waals surface area contributed by atoms with Crippen molar-refractivity contribution in [2.75, 3.05) is 0 Å². The quantitative estimate of drug-likeness (QED) is 0.331. The van der Waals surface area contributed by atoms with Crippen molar-refractivity contribution in [3.63, 3.8) is 0 Å². The highest BCUT2D eigenvalue weighted by molar-refractivity contribution is 5.92. The van der Waals surface area contributed by atoms with Gasteiger partial charge in [0.25, 0.3) is 0 Å². The first kappa shape index (κ1) is 13.6. The van der Waals surface area contributed by atoms with Gasteiger partial charge in [0.2, 0.25) is 0 Å². The van der Waals surface area contributed by atoms with Crippen LogP contribution in [0, 0.1) is 0 Å². The third-order valence-corrected chi connectivity index (χ3v) is 1.35. The van der Waals surface area contributed by atoms with Crippen LogP contribution in [0.1, 0.15) is 20.3 Å². The molecule has 0 amide bonds. The highest BCUT2D eigenvalue weighted by atomic mass is 16.6. The summed E-state index contributed by atoms with van der Waals surface area (Å²) >= 11 is 0. The number of ether oxygens (including phenoxy) is 1. The van der Waals surface area contributed by atoms with Crippen LogP contribution in [0.3, 0.4) is 0 Å². The summed E-state index contributed by atoms with van der Waals surface area (Å²) in [4.78, 5) is 21.6. The van der Waals surface area contributed by atoms with Crippen molar-refractivity contribution < 1.29 is 29.6 Å². The number of rotatable bonds is 5. The fourth-order valence-electron chi connectivity index (χ4n) is 0.884. The molecule has 0 saturated carbocycles. The van der Waals surface area contributed by atoms with Crippen molar-refractivity contribution in [1.29, 1.82) is 0 Å². The molecule has 2 atom stereocenters. The molecule has 6 nitrogen and oxygen atoms in total. The van der Waals surface area contributed by atoms with E-state index in [1.54, 1.807) is 0 Å². The number of carboxylic acid groups (broad SMARTS) is 1. The van der Waals surface area contributed by atoms with Crippen LogP contribution in [-0.4, -0.2) is 39.7 Å². The van der Waals surface area contributed by atoms with E-state index >= 15 is 0 Å². The fraction of sp³-hybridized carbons (Fsp3) is 0.556. The van der Waals surface area contributed by atoms with Gasteiger partial charge in [0.15, 0.2) is 6.29 Å². The number of carbonyl (C=O) groups excluding carboxylic acids is 1. The second-order valence-corrected chi connectivity index (χ2v) is 3.00. The van der Waals surface area contributed by atoms with E-state index in [1.165, 1.54) is 13.8 Å². The summed E-state index contributed by atoms with van der Waals surface area (Å²) in [5.74, 6) is -2.17. The zero-order chi connectivity index (χ0) is 12.0. The number of carboxylic acids is 1. The second-order valence-electron chi connectivity index (χ2n) is 3.00. The maximum absolute atomic E-state index is 11.0. The van der Waals surface area contributed by atoms with Crippen molar-refractivity contribution >= 4 is 11.9 Å². The zero-order valence-corrected chi connectivity index (χ0v) is 8.51. The van der Waals surface area contributed by atoms with E-state index in [-0.39, 0.29) is 5.57 Å². The summed E-state index contributed by atoms with van der Waals surface area (Å²) in [6.07, 6.45) is -1.70. The fourth-order valence-corrected chi connectivity index (χ4v) is 0.884. The van der Waals surface area contributed by atoms with Gasteiger partial charge in [-0.2, -0.15) is 0 Å². The summed E-state index contributed by atoms with van der Waals surface area (Å²) in [6, 6.07) is 0. The molecule has 0 saturated heterocycles. The van der Waals surface area contributed by atoms with E-state index in [2.05, 4.69) is 4.74 Å². The van der Waals surface area contributed by atoms with E-state index in [9.17, 15) is 9.59 Å². The van der Waals surface area contributed by atoms with Gasteiger partial charge in [-0.3, -0.25) is 4.79 Å². The van der Waals surface area contributed by atoms with Gasteiger partial charge in [0.05, 0.1) is 12.5 Å². The molecule has 0 rings (SSSR count). The van der Waals surface area contributed by atoms with Gasteiger partial charge in [0, 0.05) is 5.57 Å². The smallest absolute Gasteiger partial charge is 0.331 e. The molecule has 0 aliphatic carbocycles. The number of aliphatic carboxylic acids is 1. The minimum atomic E-state index is -1.31. The van der Waals surface area contributed by atoms with E-state index in [4.69, 9.17) is 15.3 Å². The number of hydrogen-bond acceptors (Lipinski definition) is 5. The maximum Gasteiger partial charge on any atom is 0.331 e. The number of esters is 1. The Kier molecular flexibility index (Phi) is 5.58. The Balaban J connectivity index is 4.43. The van der Waals surface area contributed by atoms with Crippen LogP contribution in [0.25, 0.3) is 0 Å². The van der Waals surface area contributed by atoms with Gasteiger partial charge in [-0.05, 0) is 19.9 Å². The van der Waals surface area contributed by atoms with Gasteiger partial charge in [-0.25, -0.2) is 4.79 Å². The molecule has 0 aromatic carbocycles. The molecule has 6 heteroatoms. The van der Waals surface area contributed by atoms with E-state index in [0.29, 0.717) is 0 Å². The Bertz CT molecular complexity index is 266. The number of hydrogen-bond donors (Lipinski definition) is 3. The van der Waals surface area contributed by atoms with Crippen LogP contribution in [0.4, 0.5) is 0 Å². The molecule has 0 bridgehead atoms. The average Bonchev–Trinajstić information content (AvgIpc) is 1.99. The molecule has 0 fully saturated rings. The third-order valence-electron chi connectivity index (χ3n) is 1.35. The summed E-state index contributed by atoms with van der Waals surface area (Å²) in [7, 11) is 0. The van der Waals surface area contributed by atoms with Gasteiger partial charge < -0.3 is 20.1 Å². The highest BCUT2D eigenvalue weighted by Gasteiger charge is 2.15. The molecule has 0 aliphatic rings. The molecule has 0 aliphatic heterocycles. The molecule has 2 unspecified atom stereocenters. The lowest BCUT2D eigenvalue weighted by Crippen LogP contribution is -2.17. The van der Waals surface area contributed by atoms with Crippen molar-refractivity contribution in [2.24, 2.45) is 0 Å². The normalized spacial score (nSPS) is 15.6. The SMILES string of the molecule is CC(O)/C=C(/CC(=O)OC(C)O)C(=O)O. The predicted molar refractivity (Wildman–Crippen MR) is 49.8 cm³/mol. The van der Waals surface area contributed by atoms with Crippen LogP contribution in [0.2, 0.25) is 0 Å². The second kappa shape index (κ2) is 6.15. The number of aliphatic hydroxyl groups excluding tert-OH is 2. The van der Waals surface area contributed by atoms with Gasteiger partial charge in [-0.1, -0.05) is 0 Å². The highest BCUT2D eigenvalue weighted by Crippen LogP contribution is 2.06. The Hall–Kier alpha value is -1.40. The topological polar surface area (TPSA) is 104 Å². The maximum atomic E-state index is 11.0. The monoisotopic (exact) mass is 218 g/mol. The Morgan fingerprint density at radius 1 is 1.33 bits per heavy atom. The van der Waals surface area contributed by atoms with Crippen molar-refractivity contribution in [1.82, 2.24) is 0 Å². The lowest BCUT2D eigenvalue weighted by Gasteiger charge is -2.07. The Morgan fingerprint density at radius 2 is 1.87 bits per heavy atom. The lowest BCUT2D eigenvalue weighted by atomic mass is 10.1. The van der Waals surface area contributed by atoms with Crippen LogP contribution in [0.5, 0.6) is 0 Å². The first-order chi connectivity index (χ1) is 6.82. The molecular formula is C9H14O6. The van der Waals surface area contributed by atoms with Crippen LogP contribution in [-0.2, 0) is 14.3 Å². The Morgan fingerprint density at radius 3 is 2.20 bits per heavy atom. The molecule has 0 radical (unpaired) electrons. The van der Waals surface area contributed by atoms with Crippen molar-refractivity contribution in [3.05, 3.63) is 11.6 Å². The standard InChI is InChI=1S/C9H14O6/c1-5(10)3-7(9(13)14)4-8(12)15-6(2)11/h3,5-6,10-11H,4H2,1-2H3,(H,13,14)/b7-3-. The molecule has 15 heavy (non-hydrogen) atoms. The molecule has 0 heterocycles. The minimum absolute atomic E-state index is 0.268. The van der Waals surface area contributed by atoms with Gasteiger partial charge >= 0.3 is 11.9 Å². The molecule has 0 aromatic rings. The van der Waals surface area contributed by atoms with E-state index in [1.807, 2.05) is 0 Å². The first-order valence-electron chi connectivity index (χ1n) is 4.32. The predicted octanol–water partition coefficient (Wildman–Crippen LogP) is -0.350. The van der Waals surface area contributed by atoms with Crippen molar-refractivity contribution in [2.45, 2.75) is 32.7 Å². The molecule has 3 N–H and O–H groups in total. The van der Waals surface area contributed by atoms with Crippen LogP contribution >= 0.6 is 0 Å². The zero-order valence-electron chi connectivity index (χ0n) is 8.51. The summed E-state index contributed by atoms with van der Waals surface area (Å²) in [5, 5.41) is 26.3. The molecule has 0 spiro atoms. The number of aliphatic hydroxyl groups is 2. The molecular weight excluding hydrogens is 204 g/mol. The summed E-state index contributed by atoms with van der Waals surface area (Å²) in [6.45, 7) is 2.60. The molecule has 0 aromatic heterocycles. The van der Waals surface area contributed by atoms with Crippen LogP contribution in [0.15, 0.2) is 11.6 Å². The van der Waals surface area contributed by atoms with Gasteiger partial charge in [-0.15, -0.1) is 0 Å². The Labute approximate surface area is 86.8 Å². The van der Waals surface area contributed by atoms with Crippen molar-refractivity contribution in [3.8, 4) is 0 Å².